The number of benzene rings is 5. The molecule has 2 N–H and O–H groups in total. The van der Waals surface area contributed by atoms with Crippen LogP contribution < -0.4 is 14.8 Å². The van der Waals surface area contributed by atoms with Crippen LogP contribution >= 0.6 is 11.3 Å². The summed E-state index contributed by atoms with van der Waals surface area (Å²) in [5.74, 6) is 1.69. The van der Waals surface area contributed by atoms with Crippen LogP contribution in [0, 0.1) is 0 Å². The number of phenolic OH excluding ortho intramolecular Hbond substituents is 1. The van der Waals surface area contributed by atoms with E-state index in [9.17, 15) is 5.11 Å². The van der Waals surface area contributed by atoms with Crippen LogP contribution in [0.15, 0.2) is 115 Å². The molecule has 0 bridgehead atoms. The van der Waals surface area contributed by atoms with Crippen LogP contribution in [-0.2, 0) is 0 Å². The Morgan fingerprint density at radius 2 is 1.60 bits per heavy atom. The highest BCUT2D eigenvalue weighted by Crippen LogP contribution is 2.43. The lowest BCUT2D eigenvalue weighted by molar-refractivity contribution is 0.415. The van der Waals surface area contributed by atoms with E-state index in [2.05, 4.69) is 11.4 Å². The van der Waals surface area contributed by atoms with Gasteiger partial charge in [-0.05, 0) is 59.3 Å². The number of hydrogen-bond donors (Lipinski definition) is 2. The molecule has 0 radical (unpaired) electrons. The molecule has 43 heavy (non-hydrogen) atoms. The quantitative estimate of drug-likeness (QED) is 0.187. The van der Waals surface area contributed by atoms with Gasteiger partial charge in [0.15, 0.2) is 5.13 Å². The van der Waals surface area contributed by atoms with Crippen LogP contribution in [0.1, 0.15) is 17.2 Å². The lowest BCUT2D eigenvalue weighted by atomic mass is 9.91. The summed E-state index contributed by atoms with van der Waals surface area (Å²) in [5, 5.41) is 22.9. The Labute approximate surface area is 252 Å². The number of nitrogens with one attached hydrogen (secondary N) is 1. The predicted molar refractivity (Wildman–Crippen MR) is 173 cm³/mol. The highest BCUT2D eigenvalue weighted by Gasteiger charge is 2.28. The maximum Gasteiger partial charge on any atom is 0.184 e. The summed E-state index contributed by atoms with van der Waals surface area (Å²) in [6.07, 6.45) is 2.03. The molecular weight excluding hydrogens is 556 g/mol. The molecule has 2 heterocycles. The molecule has 1 unspecified atom stereocenters. The molecule has 0 aliphatic rings. The molecule has 1 atom stereocenters. The Bertz CT molecular complexity index is 2070. The first-order chi connectivity index (χ1) is 21.1. The minimum absolute atomic E-state index is 0.183. The third-order valence-corrected chi connectivity index (χ3v) is 8.47. The summed E-state index contributed by atoms with van der Waals surface area (Å²) in [5.41, 5.74) is 5.06. The summed E-state index contributed by atoms with van der Waals surface area (Å²) in [6, 6.07) is 35.0. The summed E-state index contributed by atoms with van der Waals surface area (Å²) < 4.78 is 13.9. The maximum atomic E-state index is 11.5. The van der Waals surface area contributed by atoms with Crippen LogP contribution in [0.25, 0.3) is 37.9 Å². The number of methoxy groups -OCH3 is 2. The molecule has 7 aromatic rings. The normalized spacial score (nSPS) is 12.0. The van der Waals surface area contributed by atoms with Crippen molar-refractivity contribution in [2.24, 2.45) is 0 Å². The Morgan fingerprint density at radius 3 is 2.44 bits per heavy atom. The fourth-order valence-electron chi connectivity index (χ4n) is 5.42. The monoisotopic (exact) mass is 584 g/mol. The fourth-order valence-corrected chi connectivity index (χ4v) is 6.34. The van der Waals surface area contributed by atoms with Gasteiger partial charge in [-0.15, -0.1) is 0 Å². The van der Waals surface area contributed by atoms with Gasteiger partial charge in [-0.1, -0.05) is 72.0 Å². The molecule has 0 saturated heterocycles. The van der Waals surface area contributed by atoms with Crippen molar-refractivity contribution in [2.75, 3.05) is 19.5 Å². The summed E-state index contributed by atoms with van der Waals surface area (Å²) in [4.78, 5) is 4.91. The molecule has 5 aromatic carbocycles. The van der Waals surface area contributed by atoms with Gasteiger partial charge >= 0.3 is 0 Å². The summed E-state index contributed by atoms with van der Waals surface area (Å²) >= 11 is 1.54. The highest BCUT2D eigenvalue weighted by atomic mass is 32.1. The molecule has 7 rings (SSSR count). The minimum atomic E-state index is -0.507. The molecule has 0 fully saturated rings. The fraction of sp³-hybridized carbons (Fsp3) is 0.0857. The van der Waals surface area contributed by atoms with Gasteiger partial charge in [0.2, 0.25) is 0 Å². The number of aromatic nitrogens is 3. The first kappa shape index (κ1) is 26.6. The Kier molecular flexibility index (Phi) is 6.89. The second-order valence-corrected chi connectivity index (χ2v) is 11.1. The van der Waals surface area contributed by atoms with E-state index in [4.69, 9.17) is 19.6 Å². The van der Waals surface area contributed by atoms with Crippen molar-refractivity contribution < 1.29 is 14.6 Å². The number of phenols is 1. The zero-order valence-corrected chi connectivity index (χ0v) is 24.4. The van der Waals surface area contributed by atoms with Gasteiger partial charge in [0.25, 0.3) is 0 Å². The third-order valence-electron chi connectivity index (χ3n) is 7.52. The van der Waals surface area contributed by atoms with Gasteiger partial charge in [-0.25, -0.2) is 9.67 Å². The van der Waals surface area contributed by atoms with Crippen molar-refractivity contribution in [1.82, 2.24) is 14.8 Å². The zero-order chi connectivity index (χ0) is 29.3. The number of fused-ring (bicyclic) bond motifs is 2. The lowest BCUT2D eigenvalue weighted by Crippen LogP contribution is -2.13. The standard InChI is InChI=1S/C35H28N4O3S/c1-41-25-13-8-10-23(19-25)33-28(21-39(38-33)24-11-4-3-5-12-24)34(32-27-14-7-6-9-22(27)15-18-30(32)40)37-35-36-29-17-16-26(42-2)20-31(29)43-35/h3-21,34,40H,1-2H3,(H,36,37). The maximum absolute atomic E-state index is 11.5. The van der Waals surface area contributed by atoms with Gasteiger partial charge in [-0.2, -0.15) is 5.10 Å². The molecule has 0 saturated carbocycles. The Hall–Kier alpha value is -5.34. The third kappa shape index (κ3) is 5.02. The molecule has 0 spiro atoms. The number of rotatable bonds is 8. The van der Waals surface area contributed by atoms with E-state index in [0.717, 1.165) is 60.6 Å². The van der Waals surface area contributed by atoms with E-state index in [1.165, 1.54) is 11.3 Å². The predicted octanol–water partition coefficient (Wildman–Crippen LogP) is 8.23. The number of ether oxygens (including phenoxy) is 2. The number of thiazole rings is 1. The van der Waals surface area contributed by atoms with Crippen LogP contribution in [0.3, 0.4) is 0 Å². The molecular formula is C35H28N4O3S. The Morgan fingerprint density at radius 1 is 0.814 bits per heavy atom. The number of aromatic hydroxyl groups is 1. The summed E-state index contributed by atoms with van der Waals surface area (Å²) in [7, 11) is 3.31. The minimum Gasteiger partial charge on any atom is -0.508 e. The molecule has 0 aliphatic heterocycles. The van der Waals surface area contributed by atoms with E-state index in [1.54, 1.807) is 20.3 Å². The smallest absolute Gasteiger partial charge is 0.184 e. The average Bonchev–Trinajstić information content (AvgIpc) is 3.68. The molecule has 0 aliphatic carbocycles. The second kappa shape index (κ2) is 11.2. The van der Waals surface area contributed by atoms with Crippen molar-refractivity contribution >= 4 is 37.5 Å². The summed E-state index contributed by atoms with van der Waals surface area (Å²) in [6.45, 7) is 0. The average molecular weight is 585 g/mol. The van der Waals surface area contributed by atoms with Gasteiger partial charge in [0.1, 0.15) is 17.2 Å². The number of hydrogen-bond acceptors (Lipinski definition) is 7. The van der Waals surface area contributed by atoms with Crippen LogP contribution in [0.2, 0.25) is 0 Å². The molecule has 212 valence electrons. The highest BCUT2D eigenvalue weighted by molar-refractivity contribution is 7.22. The first-order valence-electron chi connectivity index (χ1n) is 13.8. The largest absolute Gasteiger partial charge is 0.508 e. The zero-order valence-electron chi connectivity index (χ0n) is 23.6. The van der Waals surface area contributed by atoms with Crippen LogP contribution in [0.4, 0.5) is 5.13 Å². The SMILES string of the molecule is COc1cccc(-c2nn(-c3ccccc3)cc2C(Nc2nc3ccc(OC)cc3s2)c2c(O)ccc3ccccc23)c1. The Balaban J connectivity index is 1.48. The van der Waals surface area contributed by atoms with Gasteiger partial charge in [0.05, 0.1) is 41.9 Å². The van der Waals surface area contributed by atoms with E-state index in [-0.39, 0.29) is 5.75 Å². The van der Waals surface area contributed by atoms with E-state index < -0.39 is 6.04 Å². The van der Waals surface area contributed by atoms with Crippen LogP contribution in [0.5, 0.6) is 17.2 Å². The first-order valence-corrected chi connectivity index (χ1v) is 14.6. The number of nitrogens with zero attached hydrogens (tertiary/aromatic N) is 3. The molecule has 0 amide bonds. The molecule has 7 nitrogen and oxygen atoms in total. The van der Waals surface area contributed by atoms with Gasteiger partial charge < -0.3 is 19.9 Å². The van der Waals surface area contributed by atoms with Gasteiger partial charge in [-0.3, -0.25) is 0 Å². The van der Waals surface area contributed by atoms with Crippen molar-refractivity contribution in [1.29, 1.82) is 0 Å². The van der Waals surface area contributed by atoms with Crippen molar-refractivity contribution in [2.45, 2.75) is 6.04 Å². The van der Waals surface area contributed by atoms with E-state index in [1.807, 2.05) is 108 Å². The molecule has 8 heteroatoms. The van der Waals surface area contributed by atoms with Crippen molar-refractivity contribution in [3.8, 4) is 34.2 Å². The van der Waals surface area contributed by atoms with Crippen molar-refractivity contribution in [3.63, 3.8) is 0 Å². The lowest BCUT2D eigenvalue weighted by Gasteiger charge is -2.22. The van der Waals surface area contributed by atoms with Crippen molar-refractivity contribution in [3.05, 3.63) is 127 Å². The number of para-hydroxylation sites is 1. The van der Waals surface area contributed by atoms with Gasteiger partial charge in [0, 0.05) is 22.9 Å². The van der Waals surface area contributed by atoms with Crippen LogP contribution in [-0.4, -0.2) is 34.1 Å². The van der Waals surface area contributed by atoms with E-state index in [0.29, 0.717) is 5.13 Å². The molecule has 2 aromatic heterocycles. The van der Waals surface area contributed by atoms with E-state index >= 15 is 0 Å². The second-order valence-electron chi connectivity index (χ2n) is 10.1. The number of anilines is 1. The topological polar surface area (TPSA) is 81.4 Å².